The molecule has 132 valence electrons. The van der Waals surface area contributed by atoms with Gasteiger partial charge in [-0.15, -0.1) is 0 Å². The number of carbonyl (C=O) groups excluding carboxylic acids is 3. The van der Waals surface area contributed by atoms with Crippen molar-refractivity contribution in [1.82, 2.24) is 0 Å². The van der Waals surface area contributed by atoms with Gasteiger partial charge in [-0.1, -0.05) is 22.4 Å². The standard InChI is InChI=1S/C18H17BrO6/c1-11(20)23-15-6-5-13(19)9-12(15)10-14-16(21)24-18(25-17(14)22)7-3-2-4-8-18/h5-6,9-10H,2-4,7-8H2,1H3. The zero-order valence-electron chi connectivity index (χ0n) is 13.7. The maximum Gasteiger partial charge on any atom is 0.348 e. The highest BCUT2D eigenvalue weighted by molar-refractivity contribution is 9.10. The predicted octanol–water partition coefficient (Wildman–Crippen LogP) is 3.52. The molecule has 1 saturated heterocycles. The summed E-state index contributed by atoms with van der Waals surface area (Å²) in [4.78, 5) is 36.0. The van der Waals surface area contributed by atoms with E-state index in [2.05, 4.69) is 15.9 Å². The molecule has 1 aliphatic heterocycles. The second kappa shape index (κ2) is 7.00. The molecule has 3 rings (SSSR count). The third kappa shape index (κ3) is 3.92. The minimum atomic E-state index is -1.13. The van der Waals surface area contributed by atoms with Gasteiger partial charge in [0.15, 0.2) is 0 Å². The highest BCUT2D eigenvalue weighted by Crippen LogP contribution is 2.38. The number of carbonyl (C=O) groups is 3. The van der Waals surface area contributed by atoms with Gasteiger partial charge in [0, 0.05) is 29.8 Å². The van der Waals surface area contributed by atoms with Gasteiger partial charge in [0.1, 0.15) is 11.3 Å². The van der Waals surface area contributed by atoms with E-state index in [0.29, 0.717) is 22.9 Å². The van der Waals surface area contributed by atoms with Crippen LogP contribution in [-0.4, -0.2) is 23.7 Å². The Kier molecular flexibility index (Phi) is 4.94. The highest BCUT2D eigenvalue weighted by atomic mass is 79.9. The fraction of sp³-hybridized carbons (Fsp3) is 0.389. The van der Waals surface area contributed by atoms with E-state index in [0.717, 1.165) is 19.3 Å². The lowest BCUT2D eigenvalue weighted by Crippen LogP contribution is -2.47. The van der Waals surface area contributed by atoms with Gasteiger partial charge in [-0.05, 0) is 37.1 Å². The number of hydrogen-bond acceptors (Lipinski definition) is 6. The van der Waals surface area contributed by atoms with Crippen LogP contribution in [0.5, 0.6) is 5.75 Å². The summed E-state index contributed by atoms with van der Waals surface area (Å²) < 4.78 is 16.7. The van der Waals surface area contributed by atoms with Gasteiger partial charge >= 0.3 is 17.9 Å². The summed E-state index contributed by atoms with van der Waals surface area (Å²) in [5.41, 5.74) is 0.177. The van der Waals surface area contributed by atoms with Crippen LogP contribution in [0.3, 0.4) is 0 Å². The molecular formula is C18H17BrO6. The molecule has 0 radical (unpaired) electrons. The lowest BCUT2D eigenvalue weighted by molar-refractivity contribution is -0.244. The molecule has 1 aromatic rings. The minimum absolute atomic E-state index is 0.220. The van der Waals surface area contributed by atoms with Gasteiger partial charge in [-0.25, -0.2) is 9.59 Å². The van der Waals surface area contributed by atoms with Gasteiger partial charge in [-0.2, -0.15) is 0 Å². The van der Waals surface area contributed by atoms with Gasteiger partial charge in [-0.3, -0.25) is 4.79 Å². The number of hydrogen-bond donors (Lipinski definition) is 0. The number of benzene rings is 1. The Morgan fingerprint density at radius 1 is 1.16 bits per heavy atom. The third-order valence-electron chi connectivity index (χ3n) is 4.14. The van der Waals surface area contributed by atoms with Crippen molar-refractivity contribution in [3.63, 3.8) is 0 Å². The Balaban J connectivity index is 1.91. The quantitative estimate of drug-likeness (QED) is 0.322. The molecule has 0 aromatic heterocycles. The van der Waals surface area contributed by atoms with Gasteiger partial charge in [0.2, 0.25) is 0 Å². The lowest BCUT2D eigenvalue weighted by atomic mass is 9.93. The average molecular weight is 409 g/mol. The number of rotatable bonds is 2. The second-order valence-corrected chi connectivity index (χ2v) is 7.00. The van der Waals surface area contributed by atoms with E-state index >= 15 is 0 Å². The monoisotopic (exact) mass is 408 g/mol. The van der Waals surface area contributed by atoms with E-state index in [1.807, 2.05) is 0 Å². The molecule has 6 nitrogen and oxygen atoms in total. The summed E-state index contributed by atoms with van der Waals surface area (Å²) in [5, 5.41) is 0. The summed E-state index contributed by atoms with van der Waals surface area (Å²) >= 11 is 3.31. The Labute approximate surface area is 153 Å². The van der Waals surface area contributed by atoms with E-state index in [1.165, 1.54) is 13.0 Å². The molecule has 25 heavy (non-hydrogen) atoms. The normalized spacial score (nSPS) is 19.2. The Morgan fingerprint density at radius 2 is 1.80 bits per heavy atom. The molecule has 7 heteroatoms. The first kappa shape index (κ1) is 17.7. The summed E-state index contributed by atoms with van der Waals surface area (Å²) in [6.45, 7) is 1.27. The van der Waals surface area contributed by atoms with Crippen molar-refractivity contribution in [1.29, 1.82) is 0 Å². The van der Waals surface area contributed by atoms with Crippen molar-refractivity contribution in [3.8, 4) is 5.75 Å². The van der Waals surface area contributed by atoms with Crippen molar-refractivity contribution in [2.75, 3.05) is 0 Å². The first-order chi connectivity index (χ1) is 11.9. The zero-order chi connectivity index (χ0) is 18.0. The van der Waals surface area contributed by atoms with Crippen molar-refractivity contribution in [2.45, 2.75) is 44.8 Å². The van der Waals surface area contributed by atoms with Gasteiger partial charge < -0.3 is 14.2 Å². The van der Waals surface area contributed by atoms with E-state index in [-0.39, 0.29) is 11.3 Å². The van der Waals surface area contributed by atoms with Crippen LogP contribution in [0.1, 0.15) is 44.6 Å². The van der Waals surface area contributed by atoms with Crippen LogP contribution in [0.4, 0.5) is 0 Å². The fourth-order valence-electron chi connectivity index (χ4n) is 3.00. The number of halogens is 1. The van der Waals surface area contributed by atoms with Crippen LogP contribution in [0, 0.1) is 0 Å². The highest BCUT2D eigenvalue weighted by Gasteiger charge is 2.46. The van der Waals surface area contributed by atoms with Gasteiger partial charge in [0.05, 0.1) is 0 Å². The van der Waals surface area contributed by atoms with Gasteiger partial charge in [0.25, 0.3) is 5.79 Å². The first-order valence-electron chi connectivity index (χ1n) is 8.05. The van der Waals surface area contributed by atoms with Crippen LogP contribution >= 0.6 is 15.9 Å². The van der Waals surface area contributed by atoms with E-state index in [4.69, 9.17) is 14.2 Å². The average Bonchev–Trinajstić information content (AvgIpc) is 2.53. The molecule has 2 fully saturated rings. The van der Waals surface area contributed by atoms with Crippen molar-refractivity contribution in [3.05, 3.63) is 33.8 Å². The molecule has 1 aromatic carbocycles. The SMILES string of the molecule is CC(=O)Oc1ccc(Br)cc1C=C1C(=O)OC2(CCCCC2)OC1=O. The molecular weight excluding hydrogens is 392 g/mol. The Hall–Kier alpha value is -2.15. The lowest BCUT2D eigenvalue weighted by Gasteiger charge is -2.38. The third-order valence-corrected chi connectivity index (χ3v) is 4.63. The molecule has 0 N–H and O–H groups in total. The minimum Gasteiger partial charge on any atom is -0.426 e. The largest absolute Gasteiger partial charge is 0.426 e. The topological polar surface area (TPSA) is 78.9 Å². The summed E-state index contributed by atoms with van der Waals surface area (Å²) in [5.74, 6) is -2.82. The van der Waals surface area contributed by atoms with E-state index < -0.39 is 23.7 Å². The fourth-order valence-corrected chi connectivity index (χ4v) is 3.38. The van der Waals surface area contributed by atoms with Crippen LogP contribution in [0.2, 0.25) is 0 Å². The van der Waals surface area contributed by atoms with Crippen molar-refractivity contribution < 1.29 is 28.6 Å². The maximum atomic E-state index is 12.4. The molecule has 1 spiro atoms. The van der Waals surface area contributed by atoms with E-state index in [9.17, 15) is 14.4 Å². The zero-order valence-corrected chi connectivity index (χ0v) is 15.3. The molecule has 0 amide bonds. The van der Waals surface area contributed by atoms with Crippen LogP contribution in [-0.2, 0) is 23.9 Å². The van der Waals surface area contributed by atoms with E-state index in [1.54, 1.807) is 18.2 Å². The Morgan fingerprint density at radius 3 is 2.40 bits per heavy atom. The van der Waals surface area contributed by atoms with Crippen molar-refractivity contribution >= 4 is 39.9 Å². The number of ether oxygens (including phenoxy) is 3. The molecule has 0 atom stereocenters. The maximum absolute atomic E-state index is 12.4. The first-order valence-corrected chi connectivity index (χ1v) is 8.84. The molecule has 0 bridgehead atoms. The number of esters is 3. The predicted molar refractivity (Wildman–Crippen MR) is 91.4 cm³/mol. The Bertz CT molecular complexity index is 739. The van der Waals surface area contributed by atoms with Crippen LogP contribution in [0.15, 0.2) is 28.2 Å². The summed E-state index contributed by atoms with van der Waals surface area (Å²) in [6.07, 6.45) is 5.09. The van der Waals surface area contributed by atoms with Crippen molar-refractivity contribution in [2.24, 2.45) is 0 Å². The second-order valence-electron chi connectivity index (χ2n) is 6.08. The van der Waals surface area contributed by atoms with Crippen LogP contribution in [0.25, 0.3) is 6.08 Å². The molecule has 0 unspecified atom stereocenters. The molecule has 1 aliphatic carbocycles. The molecule has 2 aliphatic rings. The molecule has 1 saturated carbocycles. The summed E-state index contributed by atoms with van der Waals surface area (Å²) in [6, 6.07) is 4.89. The summed E-state index contributed by atoms with van der Waals surface area (Å²) in [7, 11) is 0. The van der Waals surface area contributed by atoms with Crippen LogP contribution < -0.4 is 4.74 Å². The smallest absolute Gasteiger partial charge is 0.348 e. The molecule has 1 heterocycles.